The van der Waals surface area contributed by atoms with E-state index < -0.39 is 0 Å². The first-order valence-electron chi connectivity index (χ1n) is 6.20. The normalized spacial score (nSPS) is 10.8. The molecule has 0 fully saturated rings. The minimum absolute atomic E-state index is 0.326. The van der Waals surface area contributed by atoms with Crippen molar-refractivity contribution in [3.8, 4) is 11.3 Å². The number of hydrogen-bond acceptors (Lipinski definition) is 5. The molecule has 0 unspecified atom stereocenters. The fourth-order valence-electron chi connectivity index (χ4n) is 2.17. The maximum absolute atomic E-state index is 12.1. The fraction of sp³-hybridized carbons (Fsp3) is 0.143. The molecule has 3 rings (SSSR count). The van der Waals surface area contributed by atoms with Crippen LogP contribution in [0.1, 0.15) is 17.4 Å². The summed E-state index contributed by atoms with van der Waals surface area (Å²) in [5.41, 5.74) is 8.41. The molecule has 0 spiro atoms. The van der Waals surface area contributed by atoms with E-state index in [9.17, 15) is 4.79 Å². The zero-order valence-corrected chi connectivity index (χ0v) is 11.7. The highest BCUT2D eigenvalue weighted by molar-refractivity contribution is 7.13. The number of benzene rings is 1. The summed E-state index contributed by atoms with van der Waals surface area (Å²) >= 11 is 1.35. The second-order valence-electron chi connectivity index (χ2n) is 4.21. The highest BCUT2D eigenvalue weighted by Crippen LogP contribution is 2.33. The first kappa shape index (κ1) is 12.7. The molecule has 0 atom stereocenters. The number of nitrogens with zero attached hydrogens (tertiary/aromatic N) is 1. The minimum Gasteiger partial charge on any atom is -0.461 e. The number of fused-ring (bicyclic) bond motifs is 1. The van der Waals surface area contributed by atoms with Crippen LogP contribution in [0.15, 0.2) is 29.6 Å². The van der Waals surface area contributed by atoms with Crippen LogP contribution in [0, 0.1) is 0 Å². The molecule has 0 saturated carbocycles. The Morgan fingerprint density at radius 3 is 2.95 bits per heavy atom. The number of carbonyl (C=O) groups excluding carboxylic acids is 1. The molecule has 3 N–H and O–H groups in total. The molecule has 0 saturated heterocycles. The Hall–Kier alpha value is -2.34. The molecule has 0 bridgehead atoms. The number of nitrogens with two attached hydrogens (primary N) is 1. The van der Waals surface area contributed by atoms with Crippen LogP contribution in [0.2, 0.25) is 0 Å². The second kappa shape index (κ2) is 4.97. The van der Waals surface area contributed by atoms with Crippen LogP contribution in [0.3, 0.4) is 0 Å². The van der Waals surface area contributed by atoms with Crippen molar-refractivity contribution < 1.29 is 9.53 Å². The Morgan fingerprint density at radius 1 is 1.45 bits per heavy atom. The Kier molecular flexibility index (Phi) is 3.15. The van der Waals surface area contributed by atoms with E-state index >= 15 is 0 Å². The van der Waals surface area contributed by atoms with Gasteiger partial charge in [0.25, 0.3) is 0 Å². The lowest BCUT2D eigenvalue weighted by atomic mass is 10.1. The monoisotopic (exact) mass is 287 g/mol. The summed E-state index contributed by atoms with van der Waals surface area (Å²) < 4.78 is 5.10. The number of H-pyrrole nitrogens is 1. The van der Waals surface area contributed by atoms with Crippen molar-refractivity contribution in [1.82, 2.24) is 9.97 Å². The summed E-state index contributed by atoms with van der Waals surface area (Å²) in [5.74, 6) is -0.384. The van der Waals surface area contributed by atoms with Gasteiger partial charge in [-0.1, -0.05) is 18.2 Å². The third kappa shape index (κ3) is 2.04. The predicted molar refractivity (Wildman–Crippen MR) is 79.8 cm³/mol. The molecular formula is C14H13N3O2S. The molecule has 20 heavy (non-hydrogen) atoms. The van der Waals surface area contributed by atoms with Crippen molar-refractivity contribution >= 4 is 33.3 Å². The zero-order valence-electron chi connectivity index (χ0n) is 10.8. The second-order valence-corrected chi connectivity index (χ2v) is 5.10. The number of aromatic amines is 1. The number of hydrogen-bond donors (Lipinski definition) is 2. The molecule has 0 aliphatic heterocycles. The summed E-state index contributed by atoms with van der Waals surface area (Å²) in [7, 11) is 0. The summed E-state index contributed by atoms with van der Waals surface area (Å²) in [6.45, 7) is 2.11. The highest BCUT2D eigenvalue weighted by Gasteiger charge is 2.21. The van der Waals surface area contributed by atoms with Gasteiger partial charge in [-0.2, -0.15) is 0 Å². The predicted octanol–water partition coefficient (Wildman–Crippen LogP) is 3.05. The van der Waals surface area contributed by atoms with Gasteiger partial charge in [0, 0.05) is 21.8 Å². The van der Waals surface area contributed by atoms with Crippen LogP contribution in [0.25, 0.3) is 22.2 Å². The summed E-state index contributed by atoms with van der Waals surface area (Å²) in [4.78, 5) is 19.5. The van der Waals surface area contributed by atoms with Gasteiger partial charge >= 0.3 is 5.97 Å². The van der Waals surface area contributed by atoms with Crippen molar-refractivity contribution in [2.45, 2.75) is 6.92 Å². The van der Waals surface area contributed by atoms with Crippen LogP contribution in [0.5, 0.6) is 0 Å². The first-order chi connectivity index (χ1) is 9.70. The maximum atomic E-state index is 12.1. The van der Waals surface area contributed by atoms with Gasteiger partial charge in [0.05, 0.1) is 12.3 Å². The van der Waals surface area contributed by atoms with Gasteiger partial charge in [-0.25, -0.2) is 9.78 Å². The number of nitrogens with one attached hydrogen (secondary N) is 1. The third-order valence-corrected chi connectivity index (χ3v) is 3.64. The van der Waals surface area contributed by atoms with E-state index in [1.54, 1.807) is 6.92 Å². The Morgan fingerprint density at radius 2 is 2.25 bits per heavy atom. The molecule has 102 valence electrons. The molecular weight excluding hydrogens is 274 g/mol. The van der Waals surface area contributed by atoms with Crippen molar-refractivity contribution in [1.29, 1.82) is 0 Å². The quantitative estimate of drug-likeness (QED) is 0.725. The molecule has 0 aliphatic rings. The molecule has 5 nitrogen and oxygen atoms in total. The van der Waals surface area contributed by atoms with E-state index in [4.69, 9.17) is 10.5 Å². The maximum Gasteiger partial charge on any atom is 0.355 e. The minimum atomic E-state index is -0.384. The number of nitrogen functional groups attached to an aromatic ring is 1. The largest absolute Gasteiger partial charge is 0.461 e. The number of aromatic nitrogens is 2. The number of esters is 1. The van der Waals surface area contributed by atoms with Crippen LogP contribution in [-0.4, -0.2) is 22.5 Å². The summed E-state index contributed by atoms with van der Waals surface area (Å²) in [6, 6.07) is 7.69. The van der Waals surface area contributed by atoms with E-state index in [0.29, 0.717) is 23.1 Å². The topological polar surface area (TPSA) is 81.0 Å². The lowest BCUT2D eigenvalue weighted by Gasteiger charge is -2.02. The lowest BCUT2D eigenvalue weighted by molar-refractivity contribution is 0.0521. The smallest absolute Gasteiger partial charge is 0.355 e. The number of rotatable bonds is 3. The SMILES string of the molecule is CCOC(=O)c1[nH]c2ccccc2c1-c1csc(N)n1. The summed E-state index contributed by atoms with van der Waals surface area (Å²) in [6.07, 6.45) is 0. The fourth-order valence-corrected chi connectivity index (χ4v) is 2.72. The number of thiazole rings is 1. The van der Waals surface area contributed by atoms with Gasteiger partial charge in [-0.05, 0) is 13.0 Å². The molecule has 2 aromatic heterocycles. The van der Waals surface area contributed by atoms with Crippen molar-refractivity contribution in [2.24, 2.45) is 0 Å². The van der Waals surface area contributed by atoms with Crippen molar-refractivity contribution in [3.63, 3.8) is 0 Å². The molecule has 6 heteroatoms. The number of carbonyl (C=O) groups is 1. The number of anilines is 1. The third-order valence-electron chi connectivity index (χ3n) is 2.96. The van der Waals surface area contributed by atoms with Crippen molar-refractivity contribution in [2.75, 3.05) is 12.3 Å². The van der Waals surface area contributed by atoms with Crippen LogP contribution < -0.4 is 5.73 Å². The van der Waals surface area contributed by atoms with Gasteiger partial charge < -0.3 is 15.5 Å². The standard InChI is InChI=1S/C14H13N3O2S/c1-2-19-13(18)12-11(10-7-20-14(15)17-10)8-5-3-4-6-9(8)16-12/h3-7,16H,2H2,1H3,(H2,15,17). The average Bonchev–Trinajstić information content (AvgIpc) is 3.02. The van der Waals surface area contributed by atoms with E-state index in [0.717, 1.165) is 16.5 Å². The van der Waals surface area contributed by atoms with Crippen LogP contribution in [0.4, 0.5) is 5.13 Å². The van der Waals surface area contributed by atoms with Gasteiger partial charge in [0.1, 0.15) is 5.69 Å². The first-order valence-corrected chi connectivity index (χ1v) is 7.08. The van der Waals surface area contributed by atoms with E-state index in [1.165, 1.54) is 11.3 Å². The lowest BCUT2D eigenvalue weighted by Crippen LogP contribution is -2.06. The molecule has 0 radical (unpaired) electrons. The molecule has 3 aromatic rings. The van der Waals surface area contributed by atoms with Gasteiger partial charge in [-0.3, -0.25) is 0 Å². The van der Waals surface area contributed by atoms with E-state index in [-0.39, 0.29) is 5.97 Å². The van der Waals surface area contributed by atoms with E-state index in [2.05, 4.69) is 9.97 Å². The van der Waals surface area contributed by atoms with Crippen molar-refractivity contribution in [3.05, 3.63) is 35.3 Å². The van der Waals surface area contributed by atoms with Gasteiger partial charge in [0.2, 0.25) is 0 Å². The highest BCUT2D eigenvalue weighted by atomic mass is 32.1. The summed E-state index contributed by atoms with van der Waals surface area (Å²) in [5, 5.41) is 3.24. The molecule has 1 aromatic carbocycles. The zero-order chi connectivity index (χ0) is 14.1. The molecule has 2 heterocycles. The van der Waals surface area contributed by atoms with Gasteiger partial charge in [0.15, 0.2) is 5.13 Å². The number of ether oxygens (including phenoxy) is 1. The van der Waals surface area contributed by atoms with Gasteiger partial charge in [-0.15, -0.1) is 11.3 Å². The molecule has 0 aliphatic carbocycles. The Balaban J connectivity index is 2.25. The Bertz CT molecular complexity index is 776. The van der Waals surface area contributed by atoms with Crippen LogP contribution in [-0.2, 0) is 4.74 Å². The molecule has 0 amide bonds. The van der Waals surface area contributed by atoms with Crippen LogP contribution >= 0.6 is 11.3 Å². The van der Waals surface area contributed by atoms with E-state index in [1.807, 2.05) is 29.6 Å². The Labute approximate surface area is 119 Å². The average molecular weight is 287 g/mol. The number of para-hydroxylation sites is 1.